The van der Waals surface area contributed by atoms with Crippen LogP contribution >= 0.6 is 24.0 Å². The van der Waals surface area contributed by atoms with E-state index in [1.54, 1.807) is 36.7 Å². The summed E-state index contributed by atoms with van der Waals surface area (Å²) in [5.74, 6) is -0.596. The number of carbonyl (C=O) groups is 1. The van der Waals surface area contributed by atoms with Crippen molar-refractivity contribution in [3.05, 3.63) is 64.7 Å². The topological polar surface area (TPSA) is 42.0 Å². The van der Waals surface area contributed by atoms with Crippen molar-refractivity contribution in [1.29, 1.82) is 0 Å². The van der Waals surface area contributed by atoms with E-state index in [0.717, 1.165) is 5.56 Å². The normalized spacial score (nSPS) is 9.70. The van der Waals surface area contributed by atoms with Crippen LogP contribution in [0.4, 0.5) is 4.39 Å². The fraction of sp³-hybridized carbons (Fsp3) is 0.143. The number of hydrogen-bond donors (Lipinski definition) is 1. The first kappa shape index (κ1) is 16.4. The van der Waals surface area contributed by atoms with Crippen LogP contribution < -0.4 is 5.32 Å². The molecular formula is C14H13Cl2FN2O. The Bertz CT molecular complexity index is 579. The summed E-state index contributed by atoms with van der Waals surface area (Å²) in [4.78, 5) is 15.6. The second kappa shape index (κ2) is 7.82. The molecule has 0 aliphatic carbocycles. The first-order valence-corrected chi connectivity index (χ1v) is 6.17. The Balaban J connectivity index is 0.00000200. The molecule has 0 bridgehead atoms. The highest BCUT2D eigenvalue weighted by Crippen LogP contribution is 2.16. The van der Waals surface area contributed by atoms with Crippen LogP contribution in [0.5, 0.6) is 0 Å². The number of amides is 1. The van der Waals surface area contributed by atoms with Gasteiger partial charge in [0.2, 0.25) is 0 Å². The minimum atomic E-state index is -0.439. The van der Waals surface area contributed by atoms with Crippen LogP contribution in [0.1, 0.15) is 15.9 Å². The Kier molecular flexibility index (Phi) is 6.42. The predicted octanol–water partition coefficient (Wildman–Crippen LogP) is 3.27. The maximum Gasteiger partial charge on any atom is 0.251 e. The molecule has 2 rings (SSSR count). The van der Waals surface area contributed by atoms with Gasteiger partial charge in [-0.1, -0.05) is 17.7 Å². The van der Waals surface area contributed by atoms with E-state index in [1.165, 1.54) is 6.07 Å². The van der Waals surface area contributed by atoms with Crippen molar-refractivity contribution in [2.45, 2.75) is 6.42 Å². The minimum Gasteiger partial charge on any atom is -0.352 e. The van der Waals surface area contributed by atoms with Gasteiger partial charge in [0.15, 0.2) is 0 Å². The first-order chi connectivity index (χ1) is 9.16. The zero-order valence-electron chi connectivity index (χ0n) is 10.5. The van der Waals surface area contributed by atoms with Crippen molar-refractivity contribution in [2.24, 2.45) is 0 Å². The lowest BCUT2D eigenvalue weighted by atomic mass is 10.1. The molecule has 0 unspecified atom stereocenters. The molecule has 0 atom stereocenters. The molecule has 1 amide bonds. The third kappa shape index (κ3) is 4.47. The lowest BCUT2D eigenvalue weighted by molar-refractivity contribution is 0.0954. The van der Waals surface area contributed by atoms with E-state index < -0.39 is 5.82 Å². The summed E-state index contributed by atoms with van der Waals surface area (Å²) >= 11 is 5.68. The molecule has 0 spiro atoms. The molecule has 0 fully saturated rings. The molecule has 1 aromatic heterocycles. The van der Waals surface area contributed by atoms with Crippen molar-refractivity contribution < 1.29 is 9.18 Å². The molecule has 20 heavy (non-hydrogen) atoms. The largest absolute Gasteiger partial charge is 0.352 e. The zero-order chi connectivity index (χ0) is 13.7. The van der Waals surface area contributed by atoms with Gasteiger partial charge in [-0.2, -0.15) is 0 Å². The van der Waals surface area contributed by atoms with Crippen LogP contribution in [-0.4, -0.2) is 17.4 Å². The summed E-state index contributed by atoms with van der Waals surface area (Å²) in [6.45, 7) is 0.461. The average Bonchev–Trinajstić information content (AvgIpc) is 2.43. The van der Waals surface area contributed by atoms with Crippen LogP contribution in [0, 0.1) is 5.82 Å². The maximum atomic E-state index is 13.0. The van der Waals surface area contributed by atoms with Crippen molar-refractivity contribution >= 4 is 29.9 Å². The van der Waals surface area contributed by atoms with E-state index in [0.29, 0.717) is 18.5 Å². The molecule has 1 heterocycles. The van der Waals surface area contributed by atoms with Gasteiger partial charge >= 0.3 is 0 Å². The second-order valence-electron chi connectivity index (χ2n) is 3.99. The lowest BCUT2D eigenvalue weighted by Crippen LogP contribution is -2.25. The fourth-order valence-electron chi connectivity index (χ4n) is 1.62. The summed E-state index contributed by atoms with van der Waals surface area (Å²) in [5, 5.41) is 2.87. The maximum absolute atomic E-state index is 13.0. The Hall–Kier alpha value is -1.65. The molecule has 0 saturated carbocycles. The van der Waals surface area contributed by atoms with Crippen molar-refractivity contribution in [3.63, 3.8) is 0 Å². The van der Waals surface area contributed by atoms with Gasteiger partial charge in [0.25, 0.3) is 5.91 Å². The molecule has 2 aromatic rings. The molecule has 0 aliphatic rings. The highest BCUT2D eigenvalue weighted by molar-refractivity contribution is 6.30. The minimum absolute atomic E-state index is 0. The van der Waals surface area contributed by atoms with Gasteiger partial charge in [-0.15, -0.1) is 12.4 Å². The molecule has 106 valence electrons. The highest BCUT2D eigenvalue weighted by Gasteiger charge is 2.05. The number of benzene rings is 1. The summed E-state index contributed by atoms with van der Waals surface area (Å²) in [7, 11) is 0. The van der Waals surface area contributed by atoms with E-state index in [1.807, 2.05) is 0 Å². The Labute approximate surface area is 127 Å². The van der Waals surface area contributed by atoms with Crippen LogP contribution in [-0.2, 0) is 6.42 Å². The van der Waals surface area contributed by atoms with E-state index in [2.05, 4.69) is 10.3 Å². The molecule has 6 heteroatoms. The number of aromatic nitrogens is 1. The highest BCUT2D eigenvalue weighted by atomic mass is 35.5. The number of nitrogens with one attached hydrogen (secondary N) is 1. The third-order valence-electron chi connectivity index (χ3n) is 2.63. The summed E-state index contributed by atoms with van der Waals surface area (Å²) in [5.41, 5.74) is 1.44. The number of halogens is 3. The van der Waals surface area contributed by atoms with E-state index in [9.17, 15) is 9.18 Å². The quantitative estimate of drug-likeness (QED) is 0.941. The summed E-state index contributed by atoms with van der Waals surface area (Å²) in [6.07, 6.45) is 3.72. The molecule has 1 N–H and O–H groups in total. The SMILES string of the molecule is Cl.O=C(NCCc1ccc(F)c(Cl)c1)c1ccncc1. The van der Waals surface area contributed by atoms with Crippen LogP contribution in [0.2, 0.25) is 5.02 Å². The van der Waals surface area contributed by atoms with Crippen molar-refractivity contribution in [1.82, 2.24) is 10.3 Å². The van der Waals surface area contributed by atoms with Gasteiger partial charge < -0.3 is 5.32 Å². The molecule has 0 saturated heterocycles. The van der Waals surface area contributed by atoms with Crippen molar-refractivity contribution in [3.8, 4) is 0 Å². The number of nitrogens with zero attached hydrogens (tertiary/aromatic N) is 1. The Morgan fingerprint density at radius 2 is 1.95 bits per heavy atom. The van der Waals surface area contributed by atoms with E-state index in [-0.39, 0.29) is 23.3 Å². The van der Waals surface area contributed by atoms with Crippen LogP contribution in [0.3, 0.4) is 0 Å². The lowest BCUT2D eigenvalue weighted by Gasteiger charge is -2.05. The Morgan fingerprint density at radius 3 is 2.60 bits per heavy atom. The summed E-state index contributed by atoms with van der Waals surface area (Å²) < 4.78 is 13.0. The van der Waals surface area contributed by atoms with Gasteiger partial charge in [-0.05, 0) is 36.2 Å². The number of rotatable bonds is 4. The van der Waals surface area contributed by atoms with Gasteiger partial charge in [0, 0.05) is 24.5 Å². The molecule has 0 radical (unpaired) electrons. The molecule has 3 nitrogen and oxygen atoms in total. The number of hydrogen-bond acceptors (Lipinski definition) is 2. The number of carbonyl (C=O) groups excluding carboxylic acids is 1. The van der Waals surface area contributed by atoms with Crippen LogP contribution in [0.25, 0.3) is 0 Å². The monoisotopic (exact) mass is 314 g/mol. The number of pyridine rings is 1. The van der Waals surface area contributed by atoms with Gasteiger partial charge in [0.05, 0.1) is 5.02 Å². The average molecular weight is 315 g/mol. The third-order valence-corrected chi connectivity index (χ3v) is 2.92. The van der Waals surface area contributed by atoms with Gasteiger partial charge in [-0.25, -0.2) is 4.39 Å². The molecule has 1 aromatic carbocycles. The standard InChI is InChI=1S/C14H12ClFN2O.ClH/c15-12-9-10(1-2-13(12)16)3-8-18-14(19)11-4-6-17-7-5-11;/h1-2,4-7,9H,3,8H2,(H,18,19);1H. The Morgan fingerprint density at radius 1 is 1.25 bits per heavy atom. The van der Waals surface area contributed by atoms with Gasteiger partial charge in [0.1, 0.15) is 5.82 Å². The van der Waals surface area contributed by atoms with E-state index in [4.69, 9.17) is 11.6 Å². The second-order valence-corrected chi connectivity index (χ2v) is 4.40. The van der Waals surface area contributed by atoms with Crippen molar-refractivity contribution in [2.75, 3.05) is 6.54 Å². The smallest absolute Gasteiger partial charge is 0.251 e. The fourth-order valence-corrected chi connectivity index (χ4v) is 1.82. The van der Waals surface area contributed by atoms with Gasteiger partial charge in [-0.3, -0.25) is 9.78 Å². The molecule has 0 aliphatic heterocycles. The zero-order valence-corrected chi connectivity index (χ0v) is 12.0. The van der Waals surface area contributed by atoms with Crippen LogP contribution in [0.15, 0.2) is 42.7 Å². The summed E-state index contributed by atoms with van der Waals surface area (Å²) in [6, 6.07) is 7.83. The van der Waals surface area contributed by atoms with E-state index >= 15 is 0 Å². The molecular weight excluding hydrogens is 302 g/mol. The predicted molar refractivity (Wildman–Crippen MR) is 78.9 cm³/mol. The first-order valence-electron chi connectivity index (χ1n) is 5.79.